The van der Waals surface area contributed by atoms with Crippen molar-refractivity contribution in [2.75, 3.05) is 12.8 Å². The molecule has 0 aromatic carbocycles. The second kappa shape index (κ2) is 4.67. The Morgan fingerprint density at radius 3 is 2.55 bits per heavy atom. The van der Waals surface area contributed by atoms with Crippen molar-refractivity contribution in [3.8, 4) is 0 Å². The van der Waals surface area contributed by atoms with Crippen LogP contribution in [0.4, 0.5) is 0 Å². The minimum absolute atomic E-state index is 0.0952. The molecule has 0 aliphatic carbocycles. The van der Waals surface area contributed by atoms with Crippen LogP contribution in [-0.4, -0.2) is 17.9 Å². The summed E-state index contributed by atoms with van der Waals surface area (Å²) in [5, 5.41) is 8.47. The van der Waals surface area contributed by atoms with E-state index in [1.54, 1.807) is 13.0 Å². The van der Waals surface area contributed by atoms with Crippen LogP contribution in [-0.2, 0) is 4.57 Å². The maximum atomic E-state index is 10.1. The molecule has 0 heterocycles. The second-order valence-corrected chi connectivity index (χ2v) is 4.00. The molecule has 0 aliphatic rings. The van der Waals surface area contributed by atoms with E-state index in [-0.39, 0.29) is 19.2 Å². The van der Waals surface area contributed by atoms with Gasteiger partial charge in [-0.3, -0.25) is 0 Å². The predicted octanol–water partition coefficient (Wildman–Crippen LogP) is -0.771. The van der Waals surface area contributed by atoms with E-state index in [1.807, 2.05) is 0 Å². The first-order valence-electron chi connectivity index (χ1n) is 3.23. The normalized spacial score (nSPS) is 13.6. The van der Waals surface area contributed by atoms with Crippen LogP contribution in [0.25, 0.3) is 0 Å². The summed E-state index contributed by atoms with van der Waals surface area (Å²) in [6.45, 7) is 1.57. The molecule has 11 heavy (non-hydrogen) atoms. The molecule has 0 unspecified atom stereocenters. The third-order valence-corrected chi connectivity index (χ3v) is 1.95. The number of allylic oxidation sites excluding steroid dienone is 1. The zero-order chi connectivity index (χ0) is 8.91. The van der Waals surface area contributed by atoms with Crippen LogP contribution >= 0.6 is 7.60 Å². The lowest BCUT2D eigenvalue weighted by Crippen LogP contribution is -2.16. The van der Waals surface area contributed by atoms with Crippen LogP contribution in [0, 0.1) is 0 Å². The topological polar surface area (TPSA) is 83.4 Å². The van der Waals surface area contributed by atoms with Gasteiger partial charge >= 0.3 is 0 Å². The van der Waals surface area contributed by atoms with Gasteiger partial charge in [-0.05, 0) is 19.5 Å². The highest BCUT2D eigenvalue weighted by molar-refractivity contribution is 7.48. The Morgan fingerprint density at radius 1 is 1.64 bits per heavy atom. The molecule has 0 spiro atoms. The quantitative estimate of drug-likeness (QED) is 0.452. The zero-order valence-corrected chi connectivity index (χ0v) is 7.21. The highest BCUT2D eigenvalue weighted by Gasteiger charge is 1.89. The zero-order valence-electron chi connectivity index (χ0n) is 6.32. The molecule has 5 heteroatoms. The molecule has 0 aromatic heterocycles. The Balaban J connectivity index is 3.66. The Labute approximate surface area is 65.7 Å². The van der Waals surface area contributed by atoms with Crippen molar-refractivity contribution < 1.29 is 19.5 Å². The van der Waals surface area contributed by atoms with E-state index in [4.69, 9.17) is 5.11 Å². The minimum atomic E-state index is -4.36. The average Bonchev–Trinajstić information content (AvgIpc) is 1.85. The molecular formula is C6H11O4P-2. The Morgan fingerprint density at radius 2 is 2.18 bits per heavy atom. The van der Waals surface area contributed by atoms with Gasteiger partial charge in [0, 0.05) is 0 Å². The molecular weight excluding hydrogens is 167 g/mol. The van der Waals surface area contributed by atoms with Crippen LogP contribution in [0.15, 0.2) is 11.6 Å². The summed E-state index contributed by atoms with van der Waals surface area (Å²) in [5.41, 5.74) is 0.679. The van der Waals surface area contributed by atoms with Gasteiger partial charge in [-0.1, -0.05) is 19.2 Å². The van der Waals surface area contributed by atoms with Crippen molar-refractivity contribution in [1.29, 1.82) is 0 Å². The van der Waals surface area contributed by atoms with Gasteiger partial charge in [0.25, 0.3) is 0 Å². The third kappa shape index (κ3) is 7.75. The summed E-state index contributed by atoms with van der Waals surface area (Å²) in [4.78, 5) is 20.2. The van der Waals surface area contributed by atoms with E-state index in [2.05, 4.69) is 0 Å². The first-order valence-corrected chi connectivity index (χ1v) is 4.96. The van der Waals surface area contributed by atoms with E-state index in [1.165, 1.54) is 0 Å². The Bertz CT molecular complexity index is 181. The fraction of sp³-hybridized carbons (Fsp3) is 0.667. The van der Waals surface area contributed by atoms with E-state index in [0.29, 0.717) is 5.57 Å². The molecule has 0 saturated heterocycles. The monoisotopic (exact) mass is 178 g/mol. The number of rotatable bonds is 4. The highest BCUT2D eigenvalue weighted by atomic mass is 31.2. The standard InChI is InChI=1S/C6H13O4P/c1-6(5-7)3-2-4-11(8,9)10/h3,7H,2,4-5H2,1H3,(H2,8,9,10)/p-2/b6-3+. The minimum Gasteiger partial charge on any atom is -0.811 e. The highest BCUT2D eigenvalue weighted by Crippen LogP contribution is 2.23. The van der Waals surface area contributed by atoms with Gasteiger partial charge < -0.3 is 19.5 Å². The smallest absolute Gasteiger partial charge is 0.0639 e. The Hall–Kier alpha value is -0.150. The molecule has 0 aromatic rings. The van der Waals surface area contributed by atoms with E-state index in [9.17, 15) is 14.4 Å². The summed E-state index contributed by atoms with van der Waals surface area (Å²) in [5.74, 6) is 0. The van der Waals surface area contributed by atoms with Gasteiger partial charge in [0.15, 0.2) is 0 Å². The molecule has 4 nitrogen and oxygen atoms in total. The predicted molar refractivity (Wildman–Crippen MR) is 37.9 cm³/mol. The van der Waals surface area contributed by atoms with Gasteiger partial charge in [-0.15, -0.1) is 0 Å². The summed E-state index contributed by atoms with van der Waals surface area (Å²) in [6, 6.07) is 0. The number of aliphatic hydroxyl groups excluding tert-OH is 1. The van der Waals surface area contributed by atoms with E-state index >= 15 is 0 Å². The molecule has 0 rings (SSSR count). The molecule has 0 saturated carbocycles. The number of aliphatic hydroxyl groups is 1. The second-order valence-electron chi connectivity index (χ2n) is 2.33. The van der Waals surface area contributed by atoms with E-state index < -0.39 is 7.60 Å². The molecule has 0 fully saturated rings. The van der Waals surface area contributed by atoms with Gasteiger partial charge in [0.05, 0.1) is 6.61 Å². The first-order chi connectivity index (χ1) is 4.95. The number of hydrogen-bond donors (Lipinski definition) is 1. The largest absolute Gasteiger partial charge is 0.811 e. The maximum Gasteiger partial charge on any atom is 0.0639 e. The molecule has 1 N–H and O–H groups in total. The number of hydrogen-bond acceptors (Lipinski definition) is 4. The van der Waals surface area contributed by atoms with Gasteiger partial charge in [0.2, 0.25) is 0 Å². The van der Waals surface area contributed by atoms with Crippen molar-refractivity contribution in [1.82, 2.24) is 0 Å². The van der Waals surface area contributed by atoms with Gasteiger partial charge in [-0.25, -0.2) is 0 Å². The van der Waals surface area contributed by atoms with Crippen LogP contribution < -0.4 is 9.79 Å². The lowest BCUT2D eigenvalue weighted by Gasteiger charge is -2.28. The molecule has 0 amide bonds. The molecule has 66 valence electrons. The van der Waals surface area contributed by atoms with Crippen molar-refractivity contribution in [2.45, 2.75) is 13.3 Å². The first kappa shape index (κ1) is 10.8. The summed E-state index contributed by atoms with van der Waals surface area (Å²) in [7, 11) is -4.36. The van der Waals surface area contributed by atoms with Gasteiger partial charge in [-0.2, -0.15) is 0 Å². The molecule has 0 aliphatic heterocycles. The van der Waals surface area contributed by atoms with Crippen molar-refractivity contribution >= 4 is 7.60 Å². The Kier molecular flexibility index (Phi) is 4.61. The van der Waals surface area contributed by atoms with Crippen molar-refractivity contribution in [2.24, 2.45) is 0 Å². The van der Waals surface area contributed by atoms with Gasteiger partial charge in [0.1, 0.15) is 0 Å². The summed E-state index contributed by atoms with van der Waals surface area (Å²) in [6.07, 6.45) is 1.36. The molecule has 0 radical (unpaired) electrons. The van der Waals surface area contributed by atoms with Crippen LogP contribution in [0.1, 0.15) is 13.3 Å². The van der Waals surface area contributed by atoms with Crippen molar-refractivity contribution in [3.63, 3.8) is 0 Å². The fourth-order valence-corrected chi connectivity index (χ4v) is 0.979. The van der Waals surface area contributed by atoms with Crippen LogP contribution in [0.3, 0.4) is 0 Å². The third-order valence-electron chi connectivity index (χ3n) is 1.15. The summed E-state index contributed by atoms with van der Waals surface area (Å²) < 4.78 is 10.1. The summed E-state index contributed by atoms with van der Waals surface area (Å²) >= 11 is 0. The van der Waals surface area contributed by atoms with Crippen LogP contribution in [0.5, 0.6) is 0 Å². The van der Waals surface area contributed by atoms with Crippen LogP contribution in [0.2, 0.25) is 0 Å². The average molecular weight is 178 g/mol. The van der Waals surface area contributed by atoms with Crippen molar-refractivity contribution in [3.05, 3.63) is 11.6 Å². The lowest BCUT2D eigenvalue weighted by atomic mass is 10.3. The molecule has 0 bridgehead atoms. The maximum absolute atomic E-state index is 10.1. The molecule has 0 atom stereocenters. The lowest BCUT2D eigenvalue weighted by molar-refractivity contribution is -0.313. The van der Waals surface area contributed by atoms with E-state index in [0.717, 1.165) is 0 Å². The fourth-order valence-electron chi connectivity index (χ4n) is 0.534. The SMILES string of the molecule is C/C(=C\CCP(=O)([O-])[O-])CO.